The van der Waals surface area contributed by atoms with Gasteiger partial charge in [-0.05, 0) is 17.9 Å². The summed E-state index contributed by atoms with van der Waals surface area (Å²) in [6.07, 6.45) is 3.78. The Balaban J connectivity index is 3.05. The average molecular weight is 244 g/mol. The number of thioether (sulfide) groups is 2. The fourth-order valence-corrected chi connectivity index (χ4v) is 2.35. The van der Waals surface area contributed by atoms with E-state index >= 15 is 0 Å². The lowest BCUT2D eigenvalue weighted by Crippen LogP contribution is -2.27. The van der Waals surface area contributed by atoms with Gasteiger partial charge in [0.1, 0.15) is 5.70 Å². The highest BCUT2D eigenvalue weighted by Crippen LogP contribution is 2.29. The van der Waals surface area contributed by atoms with E-state index in [1.165, 1.54) is 30.4 Å². The Bertz CT molecular complexity index is 361. The zero-order valence-electron chi connectivity index (χ0n) is 8.71. The first-order valence-electron chi connectivity index (χ1n) is 4.20. The van der Waals surface area contributed by atoms with Crippen LogP contribution in [0.2, 0.25) is 0 Å². The van der Waals surface area contributed by atoms with Crippen LogP contribution < -0.4 is 10.6 Å². The molecule has 0 atom stereocenters. The normalized spacial score (nSPS) is 18.3. The van der Waals surface area contributed by atoms with Gasteiger partial charge < -0.3 is 10.6 Å². The van der Waals surface area contributed by atoms with E-state index in [1.54, 1.807) is 0 Å². The SMILES string of the molecule is CSC=C1NC(=O)C(NC(C)=O)=C1SC. The molecule has 0 fully saturated rings. The zero-order valence-corrected chi connectivity index (χ0v) is 10.3. The van der Waals surface area contributed by atoms with Crippen molar-refractivity contribution in [1.29, 1.82) is 0 Å². The van der Waals surface area contributed by atoms with Crippen molar-refractivity contribution in [3.63, 3.8) is 0 Å². The molecule has 1 aliphatic rings. The predicted molar refractivity (Wildman–Crippen MR) is 64.1 cm³/mol. The standard InChI is InChI=1S/C9H12N2O2S2/c1-5(12)10-7-8(15-3)6(4-14-2)11-9(7)13/h4H,1-3H3,(H,10,12)(H,11,13). The summed E-state index contributed by atoms with van der Waals surface area (Å²) >= 11 is 2.94. The molecule has 15 heavy (non-hydrogen) atoms. The van der Waals surface area contributed by atoms with Gasteiger partial charge in [-0.2, -0.15) is 0 Å². The van der Waals surface area contributed by atoms with Crippen LogP contribution in [-0.2, 0) is 9.59 Å². The number of hydrogen-bond acceptors (Lipinski definition) is 4. The van der Waals surface area contributed by atoms with Crippen molar-refractivity contribution in [3.8, 4) is 0 Å². The molecule has 0 spiro atoms. The van der Waals surface area contributed by atoms with Crippen LogP contribution in [0.25, 0.3) is 0 Å². The molecule has 1 heterocycles. The Morgan fingerprint density at radius 2 is 2.13 bits per heavy atom. The van der Waals surface area contributed by atoms with Crippen LogP contribution in [0.4, 0.5) is 0 Å². The van der Waals surface area contributed by atoms with Crippen molar-refractivity contribution in [3.05, 3.63) is 21.7 Å². The van der Waals surface area contributed by atoms with Crippen molar-refractivity contribution in [2.75, 3.05) is 12.5 Å². The van der Waals surface area contributed by atoms with E-state index in [9.17, 15) is 9.59 Å². The molecule has 4 nitrogen and oxygen atoms in total. The first kappa shape index (κ1) is 12.2. The summed E-state index contributed by atoms with van der Waals surface area (Å²) in [6, 6.07) is 0. The van der Waals surface area contributed by atoms with Gasteiger partial charge in [0.2, 0.25) is 5.91 Å². The molecule has 0 aliphatic carbocycles. The summed E-state index contributed by atoms with van der Waals surface area (Å²) < 4.78 is 0. The number of hydrogen-bond donors (Lipinski definition) is 2. The minimum Gasteiger partial charge on any atom is -0.321 e. The summed E-state index contributed by atoms with van der Waals surface area (Å²) in [6.45, 7) is 1.38. The van der Waals surface area contributed by atoms with E-state index in [0.717, 1.165) is 10.6 Å². The Hall–Kier alpha value is -0.880. The number of carbonyl (C=O) groups is 2. The van der Waals surface area contributed by atoms with Gasteiger partial charge >= 0.3 is 0 Å². The molecular formula is C9H12N2O2S2. The maximum atomic E-state index is 11.5. The fraction of sp³-hybridized carbons (Fsp3) is 0.333. The lowest BCUT2D eigenvalue weighted by atomic mass is 10.4. The smallest absolute Gasteiger partial charge is 0.273 e. The molecule has 1 rings (SSSR count). The third kappa shape index (κ3) is 2.79. The van der Waals surface area contributed by atoms with Crippen LogP contribution in [0.5, 0.6) is 0 Å². The van der Waals surface area contributed by atoms with Crippen LogP contribution in [0.1, 0.15) is 6.92 Å². The first-order chi connectivity index (χ1) is 7.10. The Morgan fingerprint density at radius 1 is 1.47 bits per heavy atom. The summed E-state index contributed by atoms with van der Waals surface area (Å²) in [5.74, 6) is -0.494. The first-order valence-corrected chi connectivity index (χ1v) is 6.72. The highest BCUT2D eigenvalue weighted by atomic mass is 32.2. The second-order valence-electron chi connectivity index (χ2n) is 2.81. The number of rotatable bonds is 3. The van der Waals surface area contributed by atoms with Crippen LogP contribution in [0, 0.1) is 0 Å². The number of nitrogens with one attached hydrogen (secondary N) is 2. The largest absolute Gasteiger partial charge is 0.321 e. The van der Waals surface area contributed by atoms with E-state index in [-0.39, 0.29) is 11.8 Å². The van der Waals surface area contributed by atoms with Crippen molar-refractivity contribution < 1.29 is 9.59 Å². The van der Waals surface area contributed by atoms with E-state index < -0.39 is 0 Å². The maximum absolute atomic E-state index is 11.5. The van der Waals surface area contributed by atoms with E-state index in [1.807, 2.05) is 17.9 Å². The van der Waals surface area contributed by atoms with E-state index in [2.05, 4.69) is 10.6 Å². The van der Waals surface area contributed by atoms with E-state index in [0.29, 0.717) is 5.70 Å². The molecule has 2 N–H and O–H groups in total. The van der Waals surface area contributed by atoms with Gasteiger partial charge in [0.25, 0.3) is 5.91 Å². The molecule has 0 aromatic heterocycles. The molecule has 0 saturated carbocycles. The molecule has 0 bridgehead atoms. The lowest BCUT2D eigenvalue weighted by Gasteiger charge is -2.02. The van der Waals surface area contributed by atoms with Crippen LogP contribution >= 0.6 is 23.5 Å². The molecule has 0 aromatic rings. The molecule has 2 amide bonds. The quantitative estimate of drug-likeness (QED) is 0.778. The van der Waals surface area contributed by atoms with Crippen LogP contribution in [0.3, 0.4) is 0 Å². The highest BCUT2D eigenvalue weighted by molar-refractivity contribution is 8.03. The van der Waals surface area contributed by atoms with Crippen molar-refractivity contribution in [2.24, 2.45) is 0 Å². The van der Waals surface area contributed by atoms with Gasteiger partial charge in [-0.25, -0.2) is 0 Å². The average Bonchev–Trinajstić information content (AvgIpc) is 2.43. The fourth-order valence-electron chi connectivity index (χ4n) is 1.18. The third-order valence-electron chi connectivity index (χ3n) is 1.69. The Kier molecular flexibility index (Phi) is 4.28. The minimum atomic E-state index is -0.255. The molecule has 0 radical (unpaired) electrons. The predicted octanol–water partition coefficient (Wildman–Crippen LogP) is 1.03. The third-order valence-corrected chi connectivity index (χ3v) is 2.99. The lowest BCUT2D eigenvalue weighted by molar-refractivity contribution is -0.121. The summed E-state index contributed by atoms with van der Waals surface area (Å²) in [4.78, 5) is 23.2. The monoisotopic (exact) mass is 244 g/mol. The van der Waals surface area contributed by atoms with Gasteiger partial charge in [0.15, 0.2) is 0 Å². The molecule has 0 unspecified atom stereocenters. The van der Waals surface area contributed by atoms with Crippen molar-refractivity contribution in [1.82, 2.24) is 10.6 Å². The summed E-state index contributed by atoms with van der Waals surface area (Å²) in [7, 11) is 0. The molecular weight excluding hydrogens is 232 g/mol. The Morgan fingerprint density at radius 3 is 2.60 bits per heavy atom. The Labute approximate surface area is 96.9 Å². The van der Waals surface area contributed by atoms with Crippen LogP contribution in [0.15, 0.2) is 21.7 Å². The topological polar surface area (TPSA) is 58.2 Å². The van der Waals surface area contributed by atoms with Gasteiger partial charge in [-0.15, -0.1) is 23.5 Å². The van der Waals surface area contributed by atoms with E-state index in [4.69, 9.17) is 0 Å². The van der Waals surface area contributed by atoms with Gasteiger partial charge in [-0.3, -0.25) is 9.59 Å². The zero-order chi connectivity index (χ0) is 11.4. The molecule has 6 heteroatoms. The second kappa shape index (κ2) is 5.27. The summed E-state index contributed by atoms with van der Waals surface area (Å²) in [5.41, 5.74) is 1.10. The maximum Gasteiger partial charge on any atom is 0.273 e. The van der Waals surface area contributed by atoms with Gasteiger partial charge in [0, 0.05) is 6.92 Å². The molecule has 0 saturated heterocycles. The highest BCUT2D eigenvalue weighted by Gasteiger charge is 2.27. The summed E-state index contributed by atoms with van der Waals surface area (Å²) in [5, 5.41) is 7.09. The second-order valence-corrected chi connectivity index (χ2v) is 4.33. The van der Waals surface area contributed by atoms with Crippen molar-refractivity contribution in [2.45, 2.75) is 6.92 Å². The number of amides is 2. The van der Waals surface area contributed by atoms with Crippen molar-refractivity contribution >= 4 is 35.3 Å². The van der Waals surface area contributed by atoms with Gasteiger partial charge in [-0.1, -0.05) is 0 Å². The number of carbonyl (C=O) groups excluding carboxylic acids is 2. The molecule has 82 valence electrons. The van der Waals surface area contributed by atoms with Gasteiger partial charge in [0.05, 0.1) is 10.6 Å². The minimum absolute atomic E-state index is 0.239. The molecule has 0 aromatic carbocycles. The molecule has 1 aliphatic heterocycles. The van der Waals surface area contributed by atoms with Crippen LogP contribution in [-0.4, -0.2) is 24.3 Å².